The summed E-state index contributed by atoms with van der Waals surface area (Å²) in [5.41, 5.74) is 4.32. The average Bonchev–Trinajstić information content (AvgIpc) is 3.48. The Morgan fingerprint density at radius 1 is 1.21 bits per heavy atom. The zero-order chi connectivity index (χ0) is 19.8. The number of rotatable bonds is 4. The number of hydrogen-bond acceptors (Lipinski definition) is 5. The maximum absolute atomic E-state index is 12.6. The van der Waals surface area contributed by atoms with Crippen LogP contribution in [0.4, 0.5) is 15.6 Å². The summed E-state index contributed by atoms with van der Waals surface area (Å²) in [6.07, 6.45) is 0.909. The molecule has 0 radical (unpaired) electrons. The van der Waals surface area contributed by atoms with E-state index in [2.05, 4.69) is 21.7 Å². The molecule has 146 valence electrons. The van der Waals surface area contributed by atoms with Gasteiger partial charge in [-0.25, -0.2) is 9.78 Å². The second-order valence-electron chi connectivity index (χ2n) is 6.84. The van der Waals surface area contributed by atoms with E-state index in [-0.39, 0.29) is 11.9 Å². The van der Waals surface area contributed by atoms with Crippen molar-refractivity contribution in [2.45, 2.75) is 6.42 Å². The minimum atomic E-state index is -0.231. The fourth-order valence-electron chi connectivity index (χ4n) is 3.49. The number of ether oxygens (including phenoxy) is 1. The van der Waals surface area contributed by atoms with Crippen molar-refractivity contribution < 1.29 is 14.3 Å². The Morgan fingerprint density at radius 3 is 2.86 bits per heavy atom. The van der Waals surface area contributed by atoms with E-state index in [0.29, 0.717) is 23.8 Å². The van der Waals surface area contributed by atoms with E-state index >= 15 is 0 Å². The summed E-state index contributed by atoms with van der Waals surface area (Å²) < 4.78 is 5.54. The van der Waals surface area contributed by atoms with Crippen LogP contribution in [0.5, 0.6) is 5.75 Å². The smallest absolute Gasteiger partial charge is 0.321 e. The summed E-state index contributed by atoms with van der Waals surface area (Å²) in [6.45, 7) is 1.98. The lowest BCUT2D eigenvalue weighted by Gasteiger charge is -2.14. The second kappa shape index (κ2) is 7.21. The van der Waals surface area contributed by atoms with Crippen LogP contribution >= 0.6 is 11.3 Å². The zero-order valence-electron chi connectivity index (χ0n) is 15.5. The molecule has 8 heteroatoms. The minimum Gasteiger partial charge on any atom is -0.493 e. The number of amides is 3. The first-order valence-electron chi connectivity index (χ1n) is 9.36. The second-order valence-corrected chi connectivity index (χ2v) is 7.70. The average molecular weight is 406 g/mol. The molecular formula is C21H18N4O3S. The minimum absolute atomic E-state index is 0.115. The fourth-order valence-corrected chi connectivity index (χ4v) is 4.20. The highest BCUT2D eigenvalue weighted by Gasteiger charge is 2.21. The topological polar surface area (TPSA) is 83.6 Å². The molecule has 1 fully saturated rings. The van der Waals surface area contributed by atoms with Crippen LogP contribution in [0.15, 0.2) is 47.8 Å². The molecule has 0 bridgehead atoms. The van der Waals surface area contributed by atoms with Crippen molar-refractivity contribution in [3.05, 3.63) is 59.0 Å². The number of carbonyl (C=O) groups is 2. The lowest BCUT2D eigenvalue weighted by atomic mass is 10.1. The van der Waals surface area contributed by atoms with Gasteiger partial charge in [-0.2, -0.15) is 0 Å². The fraction of sp³-hybridized carbons (Fsp3) is 0.190. The van der Waals surface area contributed by atoms with Crippen LogP contribution in [0.1, 0.15) is 15.9 Å². The summed E-state index contributed by atoms with van der Waals surface area (Å²) in [7, 11) is 0. The standard InChI is InChI=1S/C21H18N4O3S/c26-19(13-1-4-16(5-2-13)25-9-8-22-21(25)27)24-20-23-17(12-29-20)14-3-6-18-15(11-14)7-10-28-18/h1-6,11-12H,7-10H2,(H,22,27)(H,23,24,26). The number of anilines is 2. The van der Waals surface area contributed by atoms with Crippen LogP contribution in [-0.2, 0) is 6.42 Å². The van der Waals surface area contributed by atoms with Crippen molar-refractivity contribution in [1.29, 1.82) is 0 Å². The number of carbonyl (C=O) groups excluding carboxylic acids is 2. The Balaban J connectivity index is 1.28. The third kappa shape index (κ3) is 3.42. The molecule has 1 saturated heterocycles. The van der Waals surface area contributed by atoms with Gasteiger partial charge in [0.1, 0.15) is 5.75 Å². The van der Waals surface area contributed by atoms with Gasteiger partial charge in [0.2, 0.25) is 0 Å². The van der Waals surface area contributed by atoms with Gasteiger partial charge in [-0.15, -0.1) is 11.3 Å². The lowest BCUT2D eigenvalue weighted by Crippen LogP contribution is -2.27. The number of fused-ring (bicyclic) bond motifs is 1. The van der Waals surface area contributed by atoms with Crippen LogP contribution < -0.4 is 20.3 Å². The summed E-state index contributed by atoms with van der Waals surface area (Å²) in [5, 5.41) is 8.09. The van der Waals surface area contributed by atoms with Crippen molar-refractivity contribution in [3.63, 3.8) is 0 Å². The molecule has 0 unspecified atom stereocenters. The zero-order valence-corrected chi connectivity index (χ0v) is 16.3. The van der Waals surface area contributed by atoms with Crippen LogP contribution in [0.3, 0.4) is 0 Å². The lowest BCUT2D eigenvalue weighted by molar-refractivity contribution is 0.102. The Bertz CT molecular complexity index is 1090. The molecule has 7 nitrogen and oxygen atoms in total. The van der Waals surface area contributed by atoms with E-state index in [0.717, 1.165) is 35.7 Å². The van der Waals surface area contributed by atoms with Crippen molar-refractivity contribution in [2.24, 2.45) is 0 Å². The molecule has 2 aliphatic heterocycles. The maximum Gasteiger partial charge on any atom is 0.321 e. The molecule has 29 heavy (non-hydrogen) atoms. The quantitative estimate of drug-likeness (QED) is 0.694. The number of aromatic nitrogens is 1. The van der Waals surface area contributed by atoms with Gasteiger partial charge in [0.15, 0.2) is 5.13 Å². The van der Waals surface area contributed by atoms with E-state index in [9.17, 15) is 9.59 Å². The van der Waals surface area contributed by atoms with E-state index in [1.807, 2.05) is 17.5 Å². The van der Waals surface area contributed by atoms with Crippen LogP contribution in [0, 0.1) is 0 Å². The maximum atomic E-state index is 12.6. The Labute approximate surface area is 171 Å². The molecule has 2 aromatic carbocycles. The SMILES string of the molecule is O=C(Nc1nc(-c2ccc3c(c2)CCO3)cs1)c1ccc(N2CCNC2=O)cc1. The number of thiazole rings is 1. The molecule has 0 aliphatic carbocycles. The molecule has 3 amide bonds. The van der Waals surface area contributed by atoms with Gasteiger partial charge < -0.3 is 10.1 Å². The third-order valence-corrected chi connectivity index (χ3v) is 5.77. The predicted molar refractivity (Wildman–Crippen MR) is 112 cm³/mol. The first-order chi connectivity index (χ1) is 14.2. The number of benzene rings is 2. The van der Waals surface area contributed by atoms with Crippen molar-refractivity contribution in [3.8, 4) is 17.0 Å². The number of nitrogens with one attached hydrogen (secondary N) is 2. The molecule has 0 spiro atoms. The first kappa shape index (κ1) is 17.7. The highest BCUT2D eigenvalue weighted by Crippen LogP contribution is 2.32. The van der Waals surface area contributed by atoms with Crippen molar-refractivity contribution >= 4 is 34.1 Å². The summed E-state index contributed by atoms with van der Waals surface area (Å²) >= 11 is 1.39. The molecule has 2 N–H and O–H groups in total. The highest BCUT2D eigenvalue weighted by atomic mass is 32.1. The normalized spacial score (nSPS) is 15.0. The summed E-state index contributed by atoms with van der Waals surface area (Å²) in [6, 6.07) is 12.9. The van der Waals surface area contributed by atoms with Crippen molar-refractivity contribution in [2.75, 3.05) is 29.9 Å². The number of hydrogen-bond donors (Lipinski definition) is 2. The van der Waals surface area contributed by atoms with E-state index in [1.165, 1.54) is 16.9 Å². The molecular weight excluding hydrogens is 388 g/mol. The molecule has 2 aliphatic rings. The van der Waals surface area contributed by atoms with Gasteiger partial charge in [-0.05, 0) is 48.0 Å². The first-order valence-corrected chi connectivity index (χ1v) is 10.2. The van der Waals surface area contributed by atoms with Crippen molar-refractivity contribution in [1.82, 2.24) is 10.3 Å². The van der Waals surface area contributed by atoms with Gasteiger partial charge in [0.05, 0.1) is 12.3 Å². The monoisotopic (exact) mass is 406 g/mol. The predicted octanol–water partition coefficient (Wildman–Crippen LogP) is 3.53. The largest absolute Gasteiger partial charge is 0.493 e. The molecule has 3 aromatic rings. The molecule has 0 atom stereocenters. The van der Waals surface area contributed by atoms with Crippen LogP contribution in [0.25, 0.3) is 11.3 Å². The Hall–Kier alpha value is -3.39. The Kier molecular flexibility index (Phi) is 4.40. The summed E-state index contributed by atoms with van der Waals surface area (Å²) in [5.74, 6) is 0.707. The van der Waals surface area contributed by atoms with Gasteiger partial charge in [0, 0.05) is 41.7 Å². The highest BCUT2D eigenvalue weighted by molar-refractivity contribution is 7.14. The van der Waals surface area contributed by atoms with Gasteiger partial charge in [-0.3, -0.25) is 15.0 Å². The van der Waals surface area contributed by atoms with E-state index < -0.39 is 0 Å². The van der Waals surface area contributed by atoms with Gasteiger partial charge >= 0.3 is 6.03 Å². The molecule has 1 aromatic heterocycles. The van der Waals surface area contributed by atoms with Gasteiger partial charge in [-0.1, -0.05) is 0 Å². The van der Waals surface area contributed by atoms with Crippen LogP contribution in [-0.4, -0.2) is 36.6 Å². The molecule has 3 heterocycles. The summed E-state index contributed by atoms with van der Waals surface area (Å²) in [4.78, 5) is 30.5. The van der Waals surface area contributed by atoms with Crippen LogP contribution in [0.2, 0.25) is 0 Å². The van der Waals surface area contributed by atoms with E-state index in [4.69, 9.17) is 4.74 Å². The molecule has 0 saturated carbocycles. The number of urea groups is 1. The molecule has 5 rings (SSSR count). The van der Waals surface area contributed by atoms with Gasteiger partial charge in [0.25, 0.3) is 5.91 Å². The Morgan fingerprint density at radius 2 is 2.07 bits per heavy atom. The van der Waals surface area contributed by atoms with E-state index in [1.54, 1.807) is 29.2 Å². The number of nitrogens with zero attached hydrogens (tertiary/aromatic N) is 2. The third-order valence-electron chi connectivity index (χ3n) is 5.01.